The van der Waals surface area contributed by atoms with Crippen molar-refractivity contribution in [3.63, 3.8) is 0 Å². The Bertz CT molecular complexity index is 1420. The van der Waals surface area contributed by atoms with Crippen LogP contribution in [0.2, 0.25) is 0 Å². The molecule has 2 bridgehead atoms. The van der Waals surface area contributed by atoms with Gasteiger partial charge in [-0.1, -0.05) is 71.0 Å². The van der Waals surface area contributed by atoms with Crippen LogP contribution in [0.1, 0.15) is 84.6 Å². The van der Waals surface area contributed by atoms with Crippen LogP contribution in [-0.4, -0.2) is 59.4 Å². The summed E-state index contributed by atoms with van der Waals surface area (Å²) >= 11 is 0. The van der Waals surface area contributed by atoms with Gasteiger partial charge in [0.1, 0.15) is 5.69 Å². The summed E-state index contributed by atoms with van der Waals surface area (Å²) in [5.41, 5.74) is 0.904. The third kappa shape index (κ3) is 5.35. The number of carbonyl (C=O) groups excluding carboxylic acids is 2. The van der Waals surface area contributed by atoms with E-state index in [1.54, 1.807) is 6.20 Å². The summed E-state index contributed by atoms with van der Waals surface area (Å²) < 4.78 is 13.2. The van der Waals surface area contributed by atoms with Gasteiger partial charge in [-0.3, -0.25) is 14.6 Å². The van der Waals surface area contributed by atoms with Crippen molar-refractivity contribution in [2.24, 2.45) is 34.2 Å². The number of nitrogens with one attached hydrogen (secondary N) is 2. The highest BCUT2D eigenvalue weighted by Crippen LogP contribution is 2.65. The van der Waals surface area contributed by atoms with Crippen LogP contribution in [0.25, 0.3) is 10.8 Å². The van der Waals surface area contributed by atoms with Crippen LogP contribution in [0.4, 0.5) is 0 Å². The first-order chi connectivity index (χ1) is 20.4. The molecule has 1 unspecified atom stereocenters. The van der Waals surface area contributed by atoms with Crippen LogP contribution in [0, 0.1) is 29.1 Å². The fourth-order valence-electron chi connectivity index (χ4n) is 7.96. The molecule has 9 nitrogen and oxygen atoms in total. The Morgan fingerprint density at radius 2 is 1.84 bits per heavy atom. The van der Waals surface area contributed by atoms with Gasteiger partial charge in [0.2, 0.25) is 6.10 Å². The van der Waals surface area contributed by atoms with Crippen molar-refractivity contribution in [2.45, 2.75) is 104 Å². The molecule has 1 aromatic heterocycles. The first-order valence-corrected chi connectivity index (χ1v) is 15.9. The quantitative estimate of drug-likeness (QED) is 0.402. The van der Waals surface area contributed by atoms with E-state index in [-0.39, 0.29) is 47.2 Å². The lowest BCUT2D eigenvalue weighted by Crippen LogP contribution is -2.65. The second-order valence-electron chi connectivity index (χ2n) is 14.5. The Kier molecular flexibility index (Phi) is 7.82. The van der Waals surface area contributed by atoms with Crippen molar-refractivity contribution < 1.29 is 23.7 Å². The molecule has 2 aromatic rings. The van der Waals surface area contributed by atoms with Crippen LogP contribution in [-0.2, 0) is 18.9 Å². The Labute approximate surface area is 255 Å². The molecule has 230 valence electrons. The van der Waals surface area contributed by atoms with E-state index >= 15 is 0 Å². The predicted octanol–water partition coefficient (Wildman–Crippen LogP) is 4.93. The standard InChI is InChI=1S/C33H45BN4O5/c1-18(2)14-27(34-41-26-16-21-15-25(32(21,5)6)33(26,7)43-34)36-30(39)24-17-23(38-42-24)28(19(3)4)37-31(40)29-22-11-9-8-10-20(22)12-13-35-29/h8-13,18-19,21,24-28H,14-17H2,1-7H3,(H,36,39)(H,37,40)/t21-,24?,25-,26+,27-,28-,33-/m0/s1. The minimum atomic E-state index is -0.787. The molecule has 0 radical (unpaired) electrons. The molecule has 7 atom stereocenters. The van der Waals surface area contributed by atoms with E-state index in [0.29, 0.717) is 29.2 Å². The van der Waals surface area contributed by atoms with E-state index in [1.165, 1.54) is 6.42 Å². The topological polar surface area (TPSA) is 111 Å². The smallest absolute Gasteiger partial charge is 0.404 e. The molecule has 2 aliphatic heterocycles. The summed E-state index contributed by atoms with van der Waals surface area (Å²) in [6.45, 7) is 15.2. The number of pyridine rings is 1. The third-order valence-corrected chi connectivity index (χ3v) is 10.5. The molecule has 1 saturated heterocycles. The maximum Gasteiger partial charge on any atom is 0.481 e. The molecule has 3 saturated carbocycles. The highest BCUT2D eigenvalue weighted by atomic mass is 16.7. The van der Waals surface area contributed by atoms with E-state index in [1.807, 2.05) is 44.2 Å². The number of hydrogen-bond donors (Lipinski definition) is 2. The molecule has 4 fully saturated rings. The zero-order chi connectivity index (χ0) is 30.7. The molecular formula is C33H45BN4O5. The first-order valence-electron chi connectivity index (χ1n) is 15.9. The molecule has 7 rings (SSSR count). The van der Waals surface area contributed by atoms with Crippen LogP contribution < -0.4 is 10.6 Å². The Morgan fingerprint density at radius 3 is 2.56 bits per heavy atom. The summed E-state index contributed by atoms with van der Waals surface area (Å²) in [4.78, 5) is 37.0. The van der Waals surface area contributed by atoms with Gasteiger partial charge < -0.3 is 24.8 Å². The van der Waals surface area contributed by atoms with Gasteiger partial charge in [-0.05, 0) is 66.7 Å². The highest BCUT2D eigenvalue weighted by molar-refractivity contribution is 6.48. The lowest BCUT2D eigenvalue weighted by Gasteiger charge is -2.64. The van der Waals surface area contributed by atoms with E-state index in [2.05, 4.69) is 55.4 Å². The lowest BCUT2D eigenvalue weighted by molar-refractivity contribution is -0.199. The molecular weight excluding hydrogens is 543 g/mol. The highest BCUT2D eigenvalue weighted by Gasteiger charge is 2.68. The second kappa shape index (κ2) is 11.2. The monoisotopic (exact) mass is 588 g/mol. The van der Waals surface area contributed by atoms with E-state index in [0.717, 1.165) is 23.6 Å². The summed E-state index contributed by atoms with van der Waals surface area (Å²) in [5.74, 6) is 0.630. The fraction of sp³-hybridized carbons (Fsp3) is 0.636. The molecule has 2 amide bonds. The average Bonchev–Trinajstić information content (AvgIpc) is 3.59. The predicted molar refractivity (Wildman–Crippen MR) is 166 cm³/mol. The van der Waals surface area contributed by atoms with Crippen molar-refractivity contribution in [1.82, 2.24) is 15.6 Å². The summed E-state index contributed by atoms with van der Waals surface area (Å²) in [6.07, 6.45) is 4.09. The lowest BCUT2D eigenvalue weighted by atomic mass is 9.43. The van der Waals surface area contributed by atoms with Gasteiger partial charge in [0, 0.05) is 18.0 Å². The number of rotatable bonds is 9. The number of hydrogen-bond acceptors (Lipinski definition) is 7. The molecule has 0 spiro atoms. The Balaban J connectivity index is 1.11. The molecule has 1 aromatic carbocycles. The van der Waals surface area contributed by atoms with E-state index in [4.69, 9.17) is 14.1 Å². The minimum absolute atomic E-state index is 0.0247. The Hall–Kier alpha value is -2.98. The van der Waals surface area contributed by atoms with Crippen molar-refractivity contribution in [3.05, 3.63) is 42.2 Å². The van der Waals surface area contributed by atoms with Gasteiger partial charge in [-0.25, -0.2) is 0 Å². The van der Waals surface area contributed by atoms with Crippen LogP contribution in [0.5, 0.6) is 0 Å². The molecule has 10 heteroatoms. The number of carbonyl (C=O) groups is 2. The number of fused-ring (bicyclic) bond motifs is 1. The maximum atomic E-state index is 13.6. The number of amides is 2. The number of nitrogens with zero attached hydrogens (tertiary/aromatic N) is 2. The molecule has 43 heavy (non-hydrogen) atoms. The maximum absolute atomic E-state index is 13.6. The molecule has 3 heterocycles. The summed E-state index contributed by atoms with van der Waals surface area (Å²) in [6, 6.07) is 9.15. The average molecular weight is 589 g/mol. The van der Waals surface area contributed by atoms with Gasteiger partial charge >= 0.3 is 7.12 Å². The number of aromatic nitrogens is 1. The number of benzene rings is 1. The SMILES string of the molecule is CC(C)C[C@H](NC(=O)C1CC([C@@H](NC(=O)c2nccc3ccccc23)C(C)C)=NO1)B1O[C@@H]2C[C@@H]3C[C@@H](C3(C)C)[C@]2(C)O1. The fourth-order valence-corrected chi connectivity index (χ4v) is 7.96. The van der Waals surface area contributed by atoms with Gasteiger partial charge in [-0.2, -0.15) is 0 Å². The zero-order valence-electron chi connectivity index (χ0n) is 26.4. The number of oxime groups is 1. The van der Waals surface area contributed by atoms with Crippen LogP contribution >= 0.6 is 0 Å². The van der Waals surface area contributed by atoms with Gasteiger partial charge in [0.15, 0.2) is 0 Å². The molecule has 5 aliphatic rings. The molecule has 3 aliphatic carbocycles. The van der Waals surface area contributed by atoms with Crippen LogP contribution in [0.3, 0.4) is 0 Å². The minimum Gasteiger partial charge on any atom is -0.404 e. The summed E-state index contributed by atoms with van der Waals surface area (Å²) in [5, 5.41) is 12.3. The van der Waals surface area contributed by atoms with Gasteiger partial charge in [0.05, 0.1) is 29.4 Å². The van der Waals surface area contributed by atoms with Crippen molar-refractivity contribution in [1.29, 1.82) is 0 Å². The van der Waals surface area contributed by atoms with Crippen molar-refractivity contribution in [2.75, 3.05) is 0 Å². The zero-order valence-corrected chi connectivity index (χ0v) is 26.4. The third-order valence-electron chi connectivity index (χ3n) is 10.5. The van der Waals surface area contributed by atoms with Crippen LogP contribution in [0.15, 0.2) is 41.7 Å². The van der Waals surface area contributed by atoms with E-state index in [9.17, 15) is 9.59 Å². The van der Waals surface area contributed by atoms with Gasteiger partial charge in [0.25, 0.3) is 11.8 Å². The largest absolute Gasteiger partial charge is 0.481 e. The van der Waals surface area contributed by atoms with Crippen molar-refractivity contribution >= 4 is 35.4 Å². The second-order valence-corrected chi connectivity index (χ2v) is 14.5. The van der Waals surface area contributed by atoms with E-state index < -0.39 is 19.3 Å². The summed E-state index contributed by atoms with van der Waals surface area (Å²) in [7, 11) is -0.505. The molecule has 2 N–H and O–H groups in total. The first kappa shape index (κ1) is 30.1. The normalized spacial score (nSPS) is 30.3. The van der Waals surface area contributed by atoms with Gasteiger partial charge in [-0.15, -0.1) is 0 Å². The van der Waals surface area contributed by atoms with Crippen molar-refractivity contribution in [3.8, 4) is 0 Å². The Morgan fingerprint density at radius 1 is 1.07 bits per heavy atom.